The number of aryl methyl sites for hydroxylation is 1. The van der Waals surface area contributed by atoms with Gasteiger partial charge in [0.2, 0.25) is 0 Å². The van der Waals surface area contributed by atoms with E-state index in [0.717, 1.165) is 29.7 Å². The van der Waals surface area contributed by atoms with Crippen molar-refractivity contribution in [3.8, 4) is 28.1 Å². The van der Waals surface area contributed by atoms with Crippen molar-refractivity contribution in [3.05, 3.63) is 42.2 Å². The smallest absolute Gasteiger partial charge is 0.151 e. The molecule has 1 aliphatic heterocycles. The van der Waals surface area contributed by atoms with Crippen LogP contribution in [0.15, 0.2) is 36.5 Å². The van der Waals surface area contributed by atoms with E-state index in [2.05, 4.69) is 53.4 Å². The van der Waals surface area contributed by atoms with Gasteiger partial charge in [0.25, 0.3) is 0 Å². The molecule has 3 aromatic rings. The van der Waals surface area contributed by atoms with Gasteiger partial charge in [-0.05, 0) is 77.3 Å². The number of aromatic nitrogens is 4. The van der Waals surface area contributed by atoms with Crippen LogP contribution in [0.4, 0.5) is 10.2 Å². The number of hydrogen-bond donors (Lipinski definition) is 3. The van der Waals surface area contributed by atoms with Crippen LogP contribution in [0, 0.1) is 6.92 Å². The third kappa shape index (κ3) is 5.00. The minimum Gasteiger partial charge on any atom is -0.507 e. The van der Waals surface area contributed by atoms with Crippen molar-refractivity contribution >= 4 is 5.82 Å². The Hall–Kier alpha value is -3.00. The van der Waals surface area contributed by atoms with Crippen LogP contribution >= 0.6 is 0 Å². The van der Waals surface area contributed by atoms with Crippen LogP contribution in [-0.2, 0) is 0 Å². The van der Waals surface area contributed by atoms with E-state index in [1.165, 1.54) is 0 Å². The molecule has 0 bridgehead atoms. The van der Waals surface area contributed by atoms with Gasteiger partial charge >= 0.3 is 0 Å². The second-order valence-corrected chi connectivity index (χ2v) is 10.3. The molecule has 1 aromatic carbocycles. The van der Waals surface area contributed by atoms with Crippen molar-refractivity contribution < 1.29 is 9.50 Å². The molecule has 2 aromatic heterocycles. The predicted octanol–water partition coefficient (Wildman–Crippen LogP) is 4.63. The molecule has 1 fully saturated rings. The van der Waals surface area contributed by atoms with Crippen LogP contribution in [0.1, 0.15) is 46.2 Å². The molecule has 0 atom stereocenters. The third-order valence-corrected chi connectivity index (χ3v) is 6.29. The minimum atomic E-state index is -0.454. The average Bonchev–Trinajstić information content (AvgIpc) is 3.16. The standard InChI is InChI=1S/C25H33FN6O/c1-16-20(15-27-28-16)17-6-7-19(22(33)12-17)21-8-9-23(30-29-21)32(11-10-26)18-13-24(2,3)31-25(4,5)14-18/h6-9,12,15,18,31,33H,10-11,13-14H2,1-5H3,(H,27,28). The molecule has 176 valence electrons. The van der Waals surface area contributed by atoms with Crippen molar-refractivity contribution in [2.75, 3.05) is 18.1 Å². The number of H-pyrrole nitrogens is 1. The molecule has 0 amide bonds. The van der Waals surface area contributed by atoms with Crippen LogP contribution in [0.5, 0.6) is 5.75 Å². The molecule has 0 aliphatic carbocycles. The maximum atomic E-state index is 13.5. The van der Waals surface area contributed by atoms with Crippen LogP contribution in [0.3, 0.4) is 0 Å². The average molecular weight is 453 g/mol. The zero-order valence-corrected chi connectivity index (χ0v) is 20.0. The van der Waals surface area contributed by atoms with E-state index in [9.17, 15) is 9.50 Å². The summed E-state index contributed by atoms with van der Waals surface area (Å²) in [5.74, 6) is 0.776. The Labute approximate surface area is 194 Å². The lowest BCUT2D eigenvalue weighted by Gasteiger charge is -2.49. The van der Waals surface area contributed by atoms with Crippen LogP contribution in [0.25, 0.3) is 22.4 Å². The first-order valence-electron chi connectivity index (χ1n) is 11.4. The van der Waals surface area contributed by atoms with Gasteiger partial charge in [-0.1, -0.05) is 6.07 Å². The summed E-state index contributed by atoms with van der Waals surface area (Å²) >= 11 is 0. The highest BCUT2D eigenvalue weighted by atomic mass is 19.1. The van der Waals surface area contributed by atoms with Crippen molar-refractivity contribution in [1.82, 2.24) is 25.7 Å². The lowest BCUT2D eigenvalue weighted by Crippen LogP contribution is -2.62. The molecule has 4 rings (SSSR count). The fourth-order valence-corrected chi connectivity index (χ4v) is 5.24. The van der Waals surface area contributed by atoms with Gasteiger partial charge in [-0.3, -0.25) is 5.10 Å². The van der Waals surface area contributed by atoms with Gasteiger partial charge < -0.3 is 15.3 Å². The molecule has 1 saturated heterocycles. The maximum absolute atomic E-state index is 13.5. The SMILES string of the molecule is Cc1[nH]ncc1-c1ccc(-c2ccc(N(CCF)C3CC(C)(C)NC(C)(C)C3)nn2)c(O)c1. The number of alkyl halides is 1. The molecule has 33 heavy (non-hydrogen) atoms. The summed E-state index contributed by atoms with van der Waals surface area (Å²) in [6.45, 7) is 10.5. The van der Waals surface area contributed by atoms with E-state index in [1.54, 1.807) is 12.3 Å². The van der Waals surface area contributed by atoms with Gasteiger partial charge in [0, 0.05) is 40.5 Å². The van der Waals surface area contributed by atoms with E-state index < -0.39 is 6.67 Å². The third-order valence-electron chi connectivity index (χ3n) is 6.29. The van der Waals surface area contributed by atoms with Crippen LogP contribution in [-0.4, -0.2) is 55.8 Å². The summed E-state index contributed by atoms with van der Waals surface area (Å²) < 4.78 is 13.5. The van der Waals surface area contributed by atoms with Crippen molar-refractivity contribution in [2.45, 2.75) is 64.6 Å². The Morgan fingerprint density at radius 3 is 2.33 bits per heavy atom. The first-order chi connectivity index (χ1) is 15.6. The quantitative estimate of drug-likeness (QED) is 0.505. The molecule has 3 heterocycles. The van der Waals surface area contributed by atoms with Crippen molar-refractivity contribution in [2.24, 2.45) is 0 Å². The monoisotopic (exact) mass is 452 g/mol. The summed E-state index contributed by atoms with van der Waals surface area (Å²) in [4.78, 5) is 2.03. The van der Waals surface area contributed by atoms with Gasteiger partial charge in [0.15, 0.2) is 5.82 Å². The molecular formula is C25H33FN6O. The number of halogens is 1. The highest BCUT2D eigenvalue weighted by Crippen LogP contribution is 2.35. The molecule has 3 N–H and O–H groups in total. The Morgan fingerprint density at radius 2 is 1.79 bits per heavy atom. The van der Waals surface area contributed by atoms with Gasteiger partial charge in [-0.2, -0.15) is 5.10 Å². The fraction of sp³-hybridized carbons (Fsp3) is 0.480. The summed E-state index contributed by atoms with van der Waals surface area (Å²) in [6.07, 6.45) is 3.51. The largest absolute Gasteiger partial charge is 0.507 e. The summed E-state index contributed by atoms with van der Waals surface area (Å²) in [5.41, 5.74) is 3.79. The number of phenols is 1. The molecule has 0 unspecified atom stereocenters. The lowest BCUT2D eigenvalue weighted by atomic mass is 9.79. The molecule has 0 radical (unpaired) electrons. The zero-order valence-electron chi connectivity index (χ0n) is 20.0. The number of aromatic amines is 1. The Balaban J connectivity index is 1.59. The van der Waals surface area contributed by atoms with E-state index in [4.69, 9.17) is 0 Å². The van der Waals surface area contributed by atoms with E-state index in [-0.39, 0.29) is 29.4 Å². The second-order valence-electron chi connectivity index (χ2n) is 10.3. The summed E-state index contributed by atoms with van der Waals surface area (Å²) in [7, 11) is 0. The Kier molecular flexibility index (Phi) is 6.14. The molecule has 8 heteroatoms. The minimum absolute atomic E-state index is 0.0603. The van der Waals surface area contributed by atoms with Crippen LogP contribution in [0.2, 0.25) is 0 Å². The highest BCUT2D eigenvalue weighted by Gasteiger charge is 2.40. The number of phenolic OH excluding ortho intramolecular Hbond substituents is 1. The highest BCUT2D eigenvalue weighted by molar-refractivity contribution is 5.75. The Bertz CT molecular complexity index is 1090. The number of piperidine rings is 1. The Morgan fingerprint density at radius 1 is 1.06 bits per heavy atom. The van der Waals surface area contributed by atoms with Crippen LogP contribution < -0.4 is 10.2 Å². The number of nitrogens with one attached hydrogen (secondary N) is 2. The zero-order chi connectivity index (χ0) is 23.8. The number of anilines is 1. The molecule has 7 nitrogen and oxygen atoms in total. The van der Waals surface area contributed by atoms with Crippen molar-refractivity contribution in [1.29, 1.82) is 0 Å². The molecular weight excluding hydrogens is 419 g/mol. The number of rotatable bonds is 6. The molecule has 0 saturated carbocycles. The number of aromatic hydroxyl groups is 1. The van der Waals surface area contributed by atoms with Gasteiger partial charge in [-0.25, -0.2) is 4.39 Å². The first kappa shape index (κ1) is 23.2. The lowest BCUT2D eigenvalue weighted by molar-refractivity contribution is 0.157. The fourth-order valence-electron chi connectivity index (χ4n) is 5.24. The number of nitrogens with zero attached hydrogens (tertiary/aromatic N) is 4. The number of hydrogen-bond acceptors (Lipinski definition) is 6. The van der Waals surface area contributed by atoms with Gasteiger partial charge in [0.05, 0.1) is 11.9 Å². The number of benzene rings is 1. The summed E-state index contributed by atoms with van der Waals surface area (Å²) in [5, 5.41) is 30.1. The van der Waals surface area contributed by atoms with Gasteiger partial charge in [0.1, 0.15) is 12.4 Å². The topological polar surface area (TPSA) is 90.0 Å². The second kappa shape index (κ2) is 8.74. The van der Waals surface area contributed by atoms with E-state index >= 15 is 0 Å². The van der Waals surface area contributed by atoms with Crippen molar-refractivity contribution in [3.63, 3.8) is 0 Å². The van der Waals surface area contributed by atoms with E-state index in [0.29, 0.717) is 17.1 Å². The normalized spacial score (nSPS) is 17.8. The summed E-state index contributed by atoms with van der Waals surface area (Å²) in [6, 6.07) is 9.32. The molecule has 0 spiro atoms. The molecule has 1 aliphatic rings. The first-order valence-corrected chi connectivity index (χ1v) is 11.4. The van der Waals surface area contributed by atoms with E-state index in [1.807, 2.05) is 36.1 Å². The predicted molar refractivity (Wildman–Crippen MR) is 129 cm³/mol. The maximum Gasteiger partial charge on any atom is 0.151 e. The van der Waals surface area contributed by atoms with Gasteiger partial charge in [-0.15, -0.1) is 10.2 Å².